The van der Waals surface area contributed by atoms with Crippen molar-refractivity contribution < 1.29 is 19.4 Å². The predicted molar refractivity (Wildman–Crippen MR) is 105 cm³/mol. The Morgan fingerprint density at radius 1 is 1.22 bits per heavy atom. The van der Waals surface area contributed by atoms with Gasteiger partial charge in [-0.05, 0) is 49.4 Å². The number of halogens is 2. The van der Waals surface area contributed by atoms with Crippen molar-refractivity contribution in [3.63, 3.8) is 0 Å². The molecule has 1 aliphatic rings. The van der Waals surface area contributed by atoms with E-state index in [-0.39, 0.29) is 10.6 Å². The Labute approximate surface area is 165 Å². The van der Waals surface area contributed by atoms with Gasteiger partial charge < -0.3 is 9.84 Å². The van der Waals surface area contributed by atoms with Crippen LogP contribution in [0.3, 0.4) is 0 Å². The van der Waals surface area contributed by atoms with Crippen LogP contribution in [0.25, 0.3) is 6.08 Å². The maximum Gasteiger partial charge on any atom is 0.337 e. The summed E-state index contributed by atoms with van der Waals surface area (Å²) in [7, 11) is 1.52. The standard InChI is InChI=1S/C19H14Cl2N2O4/c1-10-14(8-11-7-12(20)3-6-17(11)27-2)18(24)23(22-10)13-4-5-16(21)15(9-13)19(25)26/h3-9H,1-2H3,(H,25,26). The Bertz CT molecular complexity index is 1010. The first-order valence-electron chi connectivity index (χ1n) is 7.80. The van der Waals surface area contributed by atoms with Crippen LogP contribution in [-0.4, -0.2) is 29.8 Å². The Morgan fingerprint density at radius 3 is 2.63 bits per heavy atom. The van der Waals surface area contributed by atoms with Crippen LogP contribution in [0, 0.1) is 0 Å². The number of benzene rings is 2. The Balaban J connectivity index is 2.02. The van der Waals surface area contributed by atoms with E-state index in [1.54, 1.807) is 31.2 Å². The molecule has 2 aromatic rings. The number of carbonyl (C=O) groups is 2. The molecule has 138 valence electrons. The van der Waals surface area contributed by atoms with Gasteiger partial charge in [-0.3, -0.25) is 4.79 Å². The molecule has 0 aromatic heterocycles. The van der Waals surface area contributed by atoms with Crippen LogP contribution in [-0.2, 0) is 4.79 Å². The molecule has 0 unspecified atom stereocenters. The van der Waals surface area contributed by atoms with Crippen LogP contribution in [0.4, 0.5) is 5.69 Å². The lowest BCUT2D eigenvalue weighted by Gasteiger charge is -2.13. The van der Waals surface area contributed by atoms with Crippen LogP contribution in [0.2, 0.25) is 10.0 Å². The predicted octanol–water partition coefficient (Wildman–Crippen LogP) is 4.51. The number of amides is 1. The van der Waals surface area contributed by atoms with Crippen molar-refractivity contribution in [2.24, 2.45) is 5.10 Å². The van der Waals surface area contributed by atoms with E-state index in [0.717, 1.165) is 5.01 Å². The highest BCUT2D eigenvalue weighted by Crippen LogP contribution is 2.31. The molecule has 2 aromatic carbocycles. The smallest absolute Gasteiger partial charge is 0.337 e. The maximum atomic E-state index is 12.9. The van der Waals surface area contributed by atoms with Gasteiger partial charge in [0.1, 0.15) is 5.75 Å². The van der Waals surface area contributed by atoms with Gasteiger partial charge >= 0.3 is 5.97 Å². The zero-order chi connectivity index (χ0) is 19.7. The van der Waals surface area contributed by atoms with Crippen LogP contribution in [0.15, 0.2) is 47.1 Å². The van der Waals surface area contributed by atoms with Crippen LogP contribution in [0.5, 0.6) is 5.75 Å². The lowest BCUT2D eigenvalue weighted by Crippen LogP contribution is -2.21. The van der Waals surface area contributed by atoms with E-state index in [2.05, 4.69) is 5.10 Å². The quantitative estimate of drug-likeness (QED) is 0.760. The molecule has 8 heteroatoms. The Kier molecular flexibility index (Phi) is 5.21. The third-order valence-corrected chi connectivity index (χ3v) is 4.54. The summed E-state index contributed by atoms with van der Waals surface area (Å²) in [5, 5.41) is 15.2. The van der Waals surface area contributed by atoms with Crippen molar-refractivity contribution in [2.75, 3.05) is 12.1 Å². The van der Waals surface area contributed by atoms with Crippen LogP contribution >= 0.6 is 23.2 Å². The fourth-order valence-electron chi connectivity index (χ4n) is 2.64. The minimum atomic E-state index is -1.19. The molecule has 27 heavy (non-hydrogen) atoms. The van der Waals surface area contributed by atoms with Gasteiger partial charge in [0.05, 0.1) is 34.7 Å². The summed E-state index contributed by atoms with van der Waals surface area (Å²) in [6, 6.07) is 9.33. The van der Waals surface area contributed by atoms with Gasteiger partial charge in [0.2, 0.25) is 0 Å². The molecule has 0 spiro atoms. The van der Waals surface area contributed by atoms with E-state index in [9.17, 15) is 14.7 Å². The van der Waals surface area contributed by atoms with Crippen LogP contribution < -0.4 is 9.75 Å². The fourth-order valence-corrected chi connectivity index (χ4v) is 3.02. The summed E-state index contributed by atoms with van der Waals surface area (Å²) in [5.41, 5.74) is 1.66. The fraction of sp³-hybridized carbons (Fsp3) is 0.105. The highest BCUT2D eigenvalue weighted by Gasteiger charge is 2.29. The normalized spacial score (nSPS) is 15.3. The molecule has 3 rings (SSSR count). The number of nitrogens with zero attached hydrogens (tertiary/aromatic N) is 2. The number of rotatable bonds is 4. The van der Waals surface area contributed by atoms with Gasteiger partial charge in [-0.25, -0.2) is 4.79 Å². The van der Waals surface area contributed by atoms with Crippen molar-refractivity contribution >= 4 is 52.6 Å². The van der Waals surface area contributed by atoms with Crippen molar-refractivity contribution in [3.05, 3.63) is 63.1 Å². The minimum absolute atomic E-state index is 0.0815. The molecule has 1 N–H and O–H groups in total. The lowest BCUT2D eigenvalue weighted by molar-refractivity contribution is -0.114. The molecule has 1 amide bonds. The number of carbonyl (C=O) groups excluding carboxylic acids is 1. The molecule has 0 bridgehead atoms. The second-order valence-corrected chi connectivity index (χ2v) is 6.56. The first-order chi connectivity index (χ1) is 12.8. The van der Waals surface area contributed by atoms with Gasteiger partial charge in [-0.15, -0.1) is 0 Å². The van der Waals surface area contributed by atoms with Gasteiger partial charge in [-0.1, -0.05) is 23.2 Å². The third kappa shape index (κ3) is 3.67. The highest BCUT2D eigenvalue weighted by atomic mass is 35.5. The van der Waals surface area contributed by atoms with Crippen molar-refractivity contribution in [2.45, 2.75) is 6.92 Å². The molecule has 0 saturated carbocycles. The summed E-state index contributed by atoms with van der Waals surface area (Å²) < 4.78 is 5.30. The van der Waals surface area contributed by atoms with Crippen molar-refractivity contribution in [1.82, 2.24) is 0 Å². The topological polar surface area (TPSA) is 79.2 Å². The SMILES string of the molecule is COc1ccc(Cl)cc1C=C1C(=O)N(c2ccc(Cl)c(C(=O)O)c2)N=C1C. The zero-order valence-corrected chi connectivity index (χ0v) is 15.9. The second-order valence-electron chi connectivity index (χ2n) is 5.72. The molecule has 0 aliphatic carbocycles. The van der Waals surface area contributed by atoms with Gasteiger partial charge in [0.15, 0.2) is 0 Å². The average molecular weight is 405 g/mol. The molecular weight excluding hydrogens is 391 g/mol. The number of ether oxygens (including phenoxy) is 1. The summed E-state index contributed by atoms with van der Waals surface area (Å²) in [6.45, 7) is 1.69. The number of carboxylic acids is 1. The van der Waals surface area contributed by atoms with Crippen molar-refractivity contribution in [1.29, 1.82) is 0 Å². The Morgan fingerprint density at radius 2 is 1.96 bits per heavy atom. The number of anilines is 1. The first-order valence-corrected chi connectivity index (χ1v) is 8.55. The van der Waals surface area contributed by atoms with Gasteiger partial charge in [-0.2, -0.15) is 10.1 Å². The van der Waals surface area contributed by atoms with E-state index in [1.807, 2.05) is 0 Å². The molecule has 1 heterocycles. The number of aromatic carboxylic acids is 1. The molecule has 0 saturated heterocycles. The molecule has 6 nitrogen and oxygen atoms in total. The number of hydrogen-bond acceptors (Lipinski definition) is 4. The summed E-state index contributed by atoms with van der Waals surface area (Å²) in [6.07, 6.45) is 1.64. The van der Waals surface area contributed by atoms with Gasteiger partial charge in [0, 0.05) is 10.6 Å². The molecule has 0 radical (unpaired) electrons. The zero-order valence-electron chi connectivity index (χ0n) is 14.4. The van der Waals surface area contributed by atoms with Gasteiger partial charge in [0.25, 0.3) is 5.91 Å². The summed E-state index contributed by atoms with van der Waals surface area (Å²) >= 11 is 11.9. The summed E-state index contributed by atoms with van der Waals surface area (Å²) in [4.78, 5) is 24.1. The first kappa shape index (κ1) is 18.9. The van der Waals surface area contributed by atoms with Crippen LogP contribution in [0.1, 0.15) is 22.8 Å². The third-order valence-electron chi connectivity index (χ3n) is 3.98. The molecule has 1 aliphatic heterocycles. The number of carboxylic acid groups (broad SMARTS) is 1. The number of methoxy groups -OCH3 is 1. The van der Waals surface area contributed by atoms with E-state index < -0.39 is 11.9 Å². The molecule has 0 atom stereocenters. The van der Waals surface area contributed by atoms with E-state index in [1.165, 1.54) is 25.3 Å². The lowest BCUT2D eigenvalue weighted by atomic mass is 10.1. The van der Waals surface area contributed by atoms with E-state index in [0.29, 0.717) is 33.3 Å². The molecule has 0 fully saturated rings. The number of hydrogen-bond donors (Lipinski definition) is 1. The van der Waals surface area contributed by atoms with E-state index >= 15 is 0 Å². The Hall–Kier alpha value is -2.83. The second kappa shape index (κ2) is 7.42. The molecular formula is C19H14Cl2N2O4. The van der Waals surface area contributed by atoms with Crippen molar-refractivity contribution in [3.8, 4) is 5.75 Å². The maximum absolute atomic E-state index is 12.9. The largest absolute Gasteiger partial charge is 0.496 e. The van der Waals surface area contributed by atoms with E-state index in [4.69, 9.17) is 27.9 Å². The monoisotopic (exact) mass is 404 g/mol. The highest BCUT2D eigenvalue weighted by molar-refractivity contribution is 6.34. The summed E-state index contributed by atoms with van der Waals surface area (Å²) in [5.74, 6) is -1.02. The minimum Gasteiger partial charge on any atom is -0.496 e. The average Bonchev–Trinajstić information content (AvgIpc) is 2.90. The number of hydrazone groups is 1.